The van der Waals surface area contributed by atoms with Gasteiger partial charge in [-0.15, -0.1) is 0 Å². The van der Waals surface area contributed by atoms with Crippen LogP contribution in [0.5, 0.6) is 0 Å². The number of piperidine rings is 1. The van der Waals surface area contributed by atoms with Gasteiger partial charge in [-0.1, -0.05) is 13.8 Å². The van der Waals surface area contributed by atoms with Crippen LogP contribution in [0.2, 0.25) is 0 Å². The smallest absolute Gasteiger partial charge is 0.289 e. The number of amides is 2. The molecule has 3 aromatic rings. The largest absolute Gasteiger partial charge is 0.450 e. The van der Waals surface area contributed by atoms with E-state index in [1.807, 2.05) is 37.1 Å². The third-order valence-electron chi connectivity index (χ3n) is 7.10. The second-order valence-electron chi connectivity index (χ2n) is 9.72. The highest BCUT2D eigenvalue weighted by Crippen LogP contribution is 2.38. The standard InChI is InChI=1S/C26H31FN4O3/c1-17(2)19-14-20(24(27)21-15-22(34-25(19)21)26(33)29-10-5-11-29)18-6-3-9-30(16-18)23(32)7-13-31-12-4-8-28-31/h4,8,12,14-15,17-18H,3,5-7,9-11,13,16H2,1-2H3/t18-/m0/s1. The van der Waals surface area contributed by atoms with Crippen molar-refractivity contribution in [2.75, 3.05) is 26.2 Å². The predicted octanol–water partition coefficient (Wildman–Crippen LogP) is 4.53. The molecule has 2 aliphatic rings. The van der Waals surface area contributed by atoms with E-state index in [4.69, 9.17) is 4.42 Å². The minimum absolute atomic E-state index is 0.0662. The van der Waals surface area contributed by atoms with Crippen molar-refractivity contribution in [1.29, 1.82) is 0 Å². The summed E-state index contributed by atoms with van der Waals surface area (Å²) in [7, 11) is 0. The number of carbonyl (C=O) groups excluding carboxylic acids is 2. The van der Waals surface area contributed by atoms with E-state index in [2.05, 4.69) is 5.10 Å². The fourth-order valence-corrected chi connectivity index (χ4v) is 4.99. The molecule has 1 aromatic carbocycles. The second-order valence-corrected chi connectivity index (χ2v) is 9.72. The zero-order valence-electron chi connectivity index (χ0n) is 19.8. The van der Waals surface area contributed by atoms with E-state index in [0.29, 0.717) is 55.7 Å². The number of nitrogens with zero attached hydrogens (tertiary/aromatic N) is 4. The molecule has 4 heterocycles. The van der Waals surface area contributed by atoms with Crippen LogP contribution in [0.25, 0.3) is 11.0 Å². The Kier molecular flexibility index (Phi) is 6.15. The van der Waals surface area contributed by atoms with Crippen LogP contribution >= 0.6 is 0 Å². The highest BCUT2D eigenvalue weighted by atomic mass is 19.1. The molecule has 1 atom stereocenters. The Morgan fingerprint density at radius 3 is 2.65 bits per heavy atom. The normalized spacial score (nSPS) is 18.5. The fourth-order valence-electron chi connectivity index (χ4n) is 4.99. The van der Waals surface area contributed by atoms with Gasteiger partial charge in [-0.05, 0) is 48.4 Å². The lowest BCUT2D eigenvalue weighted by molar-refractivity contribution is -0.132. The number of benzene rings is 1. The first-order valence-corrected chi connectivity index (χ1v) is 12.2. The van der Waals surface area contributed by atoms with E-state index in [1.54, 1.807) is 21.8 Å². The molecule has 8 heteroatoms. The van der Waals surface area contributed by atoms with E-state index in [1.165, 1.54) is 0 Å². The van der Waals surface area contributed by atoms with Crippen LogP contribution in [0.4, 0.5) is 4.39 Å². The molecule has 0 unspecified atom stereocenters. The van der Waals surface area contributed by atoms with Gasteiger partial charge in [0.05, 0.1) is 5.39 Å². The summed E-state index contributed by atoms with van der Waals surface area (Å²) in [6, 6.07) is 5.30. The quantitative estimate of drug-likeness (QED) is 0.535. The summed E-state index contributed by atoms with van der Waals surface area (Å²) in [6.45, 7) is 7.24. The number of hydrogen-bond donors (Lipinski definition) is 0. The van der Waals surface area contributed by atoms with Gasteiger partial charge in [-0.25, -0.2) is 4.39 Å². The van der Waals surface area contributed by atoms with Crippen LogP contribution in [0.1, 0.15) is 73.0 Å². The molecule has 2 aromatic heterocycles. The Bertz CT molecular complexity index is 1200. The molecule has 0 saturated carbocycles. The van der Waals surface area contributed by atoms with Crippen molar-refractivity contribution in [1.82, 2.24) is 19.6 Å². The van der Waals surface area contributed by atoms with E-state index in [9.17, 15) is 9.59 Å². The molecule has 0 aliphatic carbocycles. The van der Waals surface area contributed by atoms with Crippen LogP contribution in [0.15, 0.2) is 35.0 Å². The summed E-state index contributed by atoms with van der Waals surface area (Å²) in [5.74, 6) is -0.223. The molecule has 0 radical (unpaired) electrons. The number of furan rings is 1. The second kappa shape index (κ2) is 9.24. The number of hydrogen-bond acceptors (Lipinski definition) is 4. The van der Waals surface area contributed by atoms with Crippen LogP contribution in [0.3, 0.4) is 0 Å². The zero-order chi connectivity index (χ0) is 23.8. The number of rotatable bonds is 6. The maximum Gasteiger partial charge on any atom is 0.289 e. The maximum atomic E-state index is 15.8. The lowest BCUT2D eigenvalue weighted by Gasteiger charge is -2.33. The molecule has 2 saturated heterocycles. The number of aryl methyl sites for hydroxylation is 1. The number of likely N-dealkylation sites (tertiary alicyclic amines) is 2. The average Bonchev–Trinajstić information content (AvgIpc) is 3.47. The van der Waals surface area contributed by atoms with Gasteiger partial charge in [0.1, 0.15) is 11.4 Å². The first kappa shape index (κ1) is 22.6. The summed E-state index contributed by atoms with van der Waals surface area (Å²) in [4.78, 5) is 29.1. The van der Waals surface area contributed by atoms with Crippen molar-refractivity contribution in [2.45, 2.75) is 57.9 Å². The maximum absolute atomic E-state index is 15.8. The summed E-state index contributed by atoms with van der Waals surface area (Å²) in [5.41, 5.74) is 1.98. The van der Waals surface area contributed by atoms with E-state index in [-0.39, 0.29) is 35.2 Å². The molecule has 2 amide bonds. The first-order chi connectivity index (χ1) is 16.4. The van der Waals surface area contributed by atoms with Crippen molar-refractivity contribution in [3.63, 3.8) is 0 Å². The SMILES string of the molecule is CC(C)c1cc([C@H]2CCCN(C(=O)CCn3cccn3)C2)c(F)c2cc(C(=O)N3CCC3)oc12. The number of carbonyl (C=O) groups is 2. The highest BCUT2D eigenvalue weighted by Gasteiger charge is 2.31. The molecule has 0 N–H and O–H groups in total. The Hall–Kier alpha value is -3.16. The first-order valence-electron chi connectivity index (χ1n) is 12.2. The van der Waals surface area contributed by atoms with E-state index in [0.717, 1.165) is 24.8 Å². The monoisotopic (exact) mass is 466 g/mol. The Morgan fingerprint density at radius 1 is 1.18 bits per heavy atom. The topological polar surface area (TPSA) is 71.6 Å². The minimum Gasteiger partial charge on any atom is -0.450 e. The summed E-state index contributed by atoms with van der Waals surface area (Å²) < 4.78 is 23.5. The average molecular weight is 467 g/mol. The molecule has 7 nitrogen and oxygen atoms in total. The number of aromatic nitrogens is 2. The number of halogens is 1. The van der Waals surface area contributed by atoms with Gasteiger partial charge >= 0.3 is 0 Å². The van der Waals surface area contributed by atoms with Crippen molar-refractivity contribution in [3.05, 3.63) is 53.3 Å². The minimum atomic E-state index is -0.332. The fraction of sp³-hybridized carbons (Fsp3) is 0.500. The summed E-state index contributed by atoms with van der Waals surface area (Å²) in [6.07, 6.45) is 6.55. The van der Waals surface area contributed by atoms with Crippen LogP contribution < -0.4 is 0 Å². The Balaban J connectivity index is 1.41. The lowest BCUT2D eigenvalue weighted by Crippen LogP contribution is -2.41. The molecule has 5 rings (SSSR count). The van der Waals surface area contributed by atoms with Gasteiger partial charge in [0.2, 0.25) is 5.91 Å². The van der Waals surface area contributed by atoms with Gasteiger partial charge < -0.3 is 14.2 Å². The Morgan fingerprint density at radius 2 is 1.97 bits per heavy atom. The van der Waals surface area contributed by atoms with Gasteiger partial charge in [-0.2, -0.15) is 5.10 Å². The van der Waals surface area contributed by atoms with Crippen LogP contribution in [-0.4, -0.2) is 57.6 Å². The predicted molar refractivity (Wildman–Crippen MR) is 126 cm³/mol. The summed E-state index contributed by atoms with van der Waals surface area (Å²) >= 11 is 0. The third kappa shape index (κ3) is 4.21. The van der Waals surface area contributed by atoms with Gasteiger partial charge in [0.15, 0.2) is 5.76 Å². The summed E-state index contributed by atoms with van der Waals surface area (Å²) in [5, 5.41) is 4.53. The molecule has 2 aliphatic heterocycles. The molecule has 34 heavy (non-hydrogen) atoms. The highest BCUT2D eigenvalue weighted by molar-refractivity contribution is 5.97. The van der Waals surface area contributed by atoms with Crippen molar-refractivity contribution in [2.24, 2.45) is 0 Å². The molecule has 2 fully saturated rings. The third-order valence-corrected chi connectivity index (χ3v) is 7.10. The van der Waals surface area contributed by atoms with Crippen LogP contribution in [-0.2, 0) is 11.3 Å². The molecule has 0 bridgehead atoms. The number of fused-ring (bicyclic) bond motifs is 1. The van der Waals surface area contributed by atoms with Gasteiger partial charge in [-0.3, -0.25) is 14.3 Å². The lowest BCUT2D eigenvalue weighted by atomic mass is 9.86. The molecular formula is C26H31FN4O3. The zero-order valence-corrected chi connectivity index (χ0v) is 19.8. The molecule has 180 valence electrons. The van der Waals surface area contributed by atoms with Crippen molar-refractivity contribution < 1.29 is 18.4 Å². The molecular weight excluding hydrogens is 435 g/mol. The molecule has 0 spiro atoms. The van der Waals surface area contributed by atoms with Crippen molar-refractivity contribution >= 4 is 22.8 Å². The Labute approximate surface area is 198 Å². The van der Waals surface area contributed by atoms with E-state index >= 15 is 4.39 Å². The van der Waals surface area contributed by atoms with Gasteiger partial charge in [0.25, 0.3) is 5.91 Å². The van der Waals surface area contributed by atoms with Crippen LogP contribution in [0, 0.1) is 5.82 Å². The van der Waals surface area contributed by atoms with E-state index < -0.39 is 0 Å². The van der Waals surface area contributed by atoms with Gasteiger partial charge in [0, 0.05) is 63.5 Å². The van der Waals surface area contributed by atoms with Crippen molar-refractivity contribution in [3.8, 4) is 0 Å².